The van der Waals surface area contributed by atoms with E-state index in [9.17, 15) is 13.2 Å². The number of carbonyl (C=O) groups excluding carboxylic acids is 1. The number of sulfonamides is 1. The van der Waals surface area contributed by atoms with Gasteiger partial charge < -0.3 is 10.1 Å². The smallest absolute Gasteiger partial charge is 0.348 e. The molecule has 5 heterocycles. The standard InChI is InChI=1S/C23H27N7O4S2/c1-4-34-23(31)20-17(15-5-8-29(9-6-15)36(3,32)33)11-19(35-20)27-21-22-25-13-18(30(22)10-7-24-21)16-12-26-28(2)14-16/h7,10-15H,4-6,8-9H2,1-3H3,(H,24,27). The lowest BCUT2D eigenvalue weighted by molar-refractivity contribution is 0.0530. The van der Waals surface area contributed by atoms with Crippen molar-refractivity contribution in [1.29, 1.82) is 0 Å². The van der Waals surface area contributed by atoms with E-state index < -0.39 is 10.0 Å². The predicted octanol–water partition coefficient (Wildman–Crippen LogP) is 3.25. The number of ether oxygens (including phenoxy) is 1. The molecule has 0 saturated carbocycles. The first-order valence-corrected chi connectivity index (χ1v) is 14.2. The molecule has 0 spiro atoms. The monoisotopic (exact) mass is 529 g/mol. The molecule has 5 rings (SSSR count). The minimum absolute atomic E-state index is 0.0570. The third-order valence-electron chi connectivity index (χ3n) is 6.25. The van der Waals surface area contributed by atoms with E-state index in [0.717, 1.165) is 21.8 Å². The van der Waals surface area contributed by atoms with E-state index in [1.807, 2.05) is 29.9 Å². The average Bonchev–Trinajstić information content (AvgIpc) is 3.57. The van der Waals surface area contributed by atoms with Crippen molar-refractivity contribution in [2.75, 3.05) is 31.3 Å². The van der Waals surface area contributed by atoms with E-state index in [1.54, 1.807) is 30.2 Å². The van der Waals surface area contributed by atoms with Crippen LogP contribution in [0.15, 0.2) is 37.1 Å². The maximum absolute atomic E-state index is 12.8. The summed E-state index contributed by atoms with van der Waals surface area (Å²) in [6.45, 7) is 2.90. The van der Waals surface area contributed by atoms with Crippen LogP contribution in [0.4, 0.5) is 10.8 Å². The van der Waals surface area contributed by atoms with Gasteiger partial charge in [0.2, 0.25) is 10.0 Å². The van der Waals surface area contributed by atoms with Gasteiger partial charge in [0, 0.05) is 44.3 Å². The number of piperidine rings is 1. The molecule has 190 valence electrons. The van der Waals surface area contributed by atoms with Gasteiger partial charge in [-0.2, -0.15) is 5.10 Å². The second-order valence-electron chi connectivity index (χ2n) is 8.69. The molecule has 1 fully saturated rings. The summed E-state index contributed by atoms with van der Waals surface area (Å²) < 4.78 is 34.3. The van der Waals surface area contributed by atoms with Gasteiger partial charge in [0.25, 0.3) is 0 Å². The Balaban J connectivity index is 1.45. The van der Waals surface area contributed by atoms with Crippen LogP contribution in [-0.2, 0) is 21.8 Å². The molecular weight excluding hydrogens is 502 g/mol. The van der Waals surface area contributed by atoms with Crippen LogP contribution in [0, 0.1) is 0 Å². The number of hydrogen-bond acceptors (Lipinski definition) is 9. The summed E-state index contributed by atoms with van der Waals surface area (Å²) in [6, 6.07) is 1.95. The fraction of sp³-hybridized carbons (Fsp3) is 0.391. The fourth-order valence-electron chi connectivity index (χ4n) is 4.52. The maximum atomic E-state index is 12.8. The average molecular weight is 530 g/mol. The van der Waals surface area contributed by atoms with Crippen molar-refractivity contribution in [3.8, 4) is 11.3 Å². The Morgan fingerprint density at radius 3 is 2.69 bits per heavy atom. The first-order chi connectivity index (χ1) is 17.2. The van der Waals surface area contributed by atoms with Gasteiger partial charge in [0.1, 0.15) is 4.88 Å². The van der Waals surface area contributed by atoms with E-state index >= 15 is 0 Å². The number of esters is 1. The molecule has 0 aromatic carbocycles. The third-order valence-corrected chi connectivity index (χ3v) is 8.60. The molecule has 1 saturated heterocycles. The van der Waals surface area contributed by atoms with Crippen LogP contribution in [0.25, 0.3) is 16.9 Å². The molecular formula is C23H27N7O4S2. The summed E-state index contributed by atoms with van der Waals surface area (Å²) in [6.07, 6.45) is 11.5. The summed E-state index contributed by atoms with van der Waals surface area (Å²) in [4.78, 5) is 22.4. The zero-order chi connectivity index (χ0) is 25.4. The van der Waals surface area contributed by atoms with Gasteiger partial charge in [0.15, 0.2) is 11.5 Å². The lowest BCUT2D eigenvalue weighted by Crippen LogP contribution is -2.37. The summed E-state index contributed by atoms with van der Waals surface area (Å²) in [7, 11) is -1.37. The highest BCUT2D eigenvalue weighted by atomic mass is 32.2. The Labute approximate surface area is 212 Å². The minimum Gasteiger partial charge on any atom is -0.462 e. The molecule has 1 aliphatic rings. The SMILES string of the molecule is CCOC(=O)c1sc(Nc2nccn3c(-c4cnn(C)c4)cnc23)cc1C1CCN(S(C)(=O)=O)CC1. The number of nitrogens with one attached hydrogen (secondary N) is 1. The number of carbonyl (C=O) groups is 1. The van der Waals surface area contributed by atoms with E-state index in [0.29, 0.717) is 42.3 Å². The van der Waals surface area contributed by atoms with Crippen molar-refractivity contribution < 1.29 is 17.9 Å². The van der Waals surface area contributed by atoms with E-state index in [4.69, 9.17) is 4.74 Å². The highest BCUT2D eigenvalue weighted by Crippen LogP contribution is 2.39. The van der Waals surface area contributed by atoms with Crippen LogP contribution >= 0.6 is 11.3 Å². The van der Waals surface area contributed by atoms with E-state index in [-0.39, 0.29) is 18.5 Å². The number of aromatic nitrogens is 5. The van der Waals surface area contributed by atoms with Crippen molar-refractivity contribution in [2.45, 2.75) is 25.7 Å². The molecule has 0 radical (unpaired) electrons. The topological polar surface area (TPSA) is 124 Å². The zero-order valence-electron chi connectivity index (χ0n) is 20.2. The maximum Gasteiger partial charge on any atom is 0.348 e. The number of hydrogen-bond donors (Lipinski definition) is 1. The predicted molar refractivity (Wildman–Crippen MR) is 137 cm³/mol. The number of imidazole rings is 1. The normalized spacial score (nSPS) is 15.4. The van der Waals surface area contributed by atoms with Crippen molar-refractivity contribution in [2.24, 2.45) is 7.05 Å². The molecule has 1 aliphatic heterocycles. The number of fused-ring (bicyclic) bond motifs is 1. The first-order valence-electron chi connectivity index (χ1n) is 11.6. The second-order valence-corrected chi connectivity index (χ2v) is 11.7. The fourth-order valence-corrected chi connectivity index (χ4v) is 6.43. The van der Waals surface area contributed by atoms with Gasteiger partial charge in [-0.05, 0) is 37.3 Å². The number of nitrogens with zero attached hydrogens (tertiary/aromatic N) is 6. The molecule has 36 heavy (non-hydrogen) atoms. The third kappa shape index (κ3) is 4.73. The summed E-state index contributed by atoms with van der Waals surface area (Å²) in [5.41, 5.74) is 3.34. The Hall–Kier alpha value is -3.29. The number of thiophene rings is 1. The second kappa shape index (κ2) is 9.64. The summed E-state index contributed by atoms with van der Waals surface area (Å²) >= 11 is 1.31. The highest BCUT2D eigenvalue weighted by Gasteiger charge is 2.30. The molecule has 4 aromatic rings. The van der Waals surface area contributed by atoms with Gasteiger partial charge >= 0.3 is 5.97 Å². The largest absolute Gasteiger partial charge is 0.462 e. The van der Waals surface area contributed by atoms with Gasteiger partial charge in [-0.3, -0.25) is 9.08 Å². The molecule has 0 amide bonds. The van der Waals surface area contributed by atoms with Crippen LogP contribution in [-0.4, -0.2) is 68.8 Å². The van der Waals surface area contributed by atoms with E-state index in [1.165, 1.54) is 21.9 Å². The summed E-state index contributed by atoms with van der Waals surface area (Å²) in [5, 5.41) is 8.32. The lowest BCUT2D eigenvalue weighted by Gasteiger charge is -2.30. The Kier molecular flexibility index (Phi) is 6.53. The zero-order valence-corrected chi connectivity index (χ0v) is 21.8. The molecule has 1 N–H and O–H groups in total. The van der Waals surface area contributed by atoms with Crippen LogP contribution in [0.2, 0.25) is 0 Å². The minimum atomic E-state index is -3.23. The Morgan fingerprint density at radius 2 is 2.03 bits per heavy atom. The molecule has 0 aliphatic carbocycles. The van der Waals surface area contributed by atoms with Crippen molar-refractivity contribution in [1.82, 2.24) is 28.5 Å². The number of rotatable bonds is 7. The first kappa shape index (κ1) is 24.4. The van der Waals surface area contributed by atoms with Crippen molar-refractivity contribution in [3.05, 3.63) is 47.5 Å². The van der Waals surface area contributed by atoms with Crippen molar-refractivity contribution in [3.63, 3.8) is 0 Å². The lowest BCUT2D eigenvalue weighted by atomic mass is 9.90. The van der Waals surface area contributed by atoms with Crippen molar-refractivity contribution >= 4 is 43.8 Å². The molecule has 13 heteroatoms. The van der Waals surface area contributed by atoms with Crippen LogP contribution in [0.3, 0.4) is 0 Å². The molecule has 0 unspecified atom stereocenters. The molecule has 0 atom stereocenters. The Bertz CT molecular complexity index is 1510. The van der Waals surface area contributed by atoms with Gasteiger partial charge in [-0.1, -0.05) is 0 Å². The van der Waals surface area contributed by atoms with Crippen LogP contribution in [0.1, 0.15) is 40.9 Å². The van der Waals surface area contributed by atoms with Crippen LogP contribution in [0.5, 0.6) is 0 Å². The van der Waals surface area contributed by atoms with E-state index in [2.05, 4.69) is 20.4 Å². The van der Waals surface area contributed by atoms with Gasteiger partial charge in [-0.15, -0.1) is 11.3 Å². The van der Waals surface area contributed by atoms with Crippen LogP contribution < -0.4 is 5.32 Å². The Morgan fingerprint density at radius 1 is 1.25 bits per heavy atom. The van der Waals surface area contributed by atoms with Gasteiger partial charge in [0.05, 0.1) is 36.0 Å². The molecule has 0 bridgehead atoms. The molecule has 11 nitrogen and oxygen atoms in total. The number of anilines is 2. The molecule has 4 aromatic heterocycles. The quantitative estimate of drug-likeness (QED) is 0.362. The van der Waals surface area contributed by atoms with Gasteiger partial charge in [-0.25, -0.2) is 27.5 Å². The summed E-state index contributed by atoms with van der Waals surface area (Å²) in [5.74, 6) is 0.242. The highest BCUT2D eigenvalue weighted by molar-refractivity contribution is 7.88. The number of aryl methyl sites for hydroxylation is 1.